The molecule has 0 saturated heterocycles. The largest absolute Gasteiger partial charge is 0.463 e. The maximum absolute atomic E-state index is 13.0. The van der Waals surface area contributed by atoms with Crippen LogP contribution >= 0.6 is 0 Å². The van der Waals surface area contributed by atoms with Crippen LogP contribution < -0.4 is 4.31 Å². The van der Waals surface area contributed by atoms with E-state index < -0.39 is 28.4 Å². The maximum Gasteiger partial charge on any atom is 0.339 e. The van der Waals surface area contributed by atoms with E-state index in [2.05, 4.69) is 10.1 Å². The molecule has 0 radical (unpaired) electrons. The Kier molecular flexibility index (Phi) is 5.64. The van der Waals surface area contributed by atoms with Gasteiger partial charge in [-0.1, -0.05) is 5.16 Å². The zero-order chi connectivity index (χ0) is 24.7. The van der Waals surface area contributed by atoms with Crippen LogP contribution in [0.1, 0.15) is 38.4 Å². The predicted octanol–water partition coefficient (Wildman–Crippen LogP) is 3.54. The average molecular weight is 496 g/mol. The minimum atomic E-state index is -3.41. The number of furan rings is 1. The van der Waals surface area contributed by atoms with Gasteiger partial charge in [-0.25, -0.2) is 18.2 Å². The summed E-state index contributed by atoms with van der Waals surface area (Å²) in [6.07, 6.45) is 3.95. The monoisotopic (exact) mass is 495 g/mol. The Morgan fingerprint density at radius 1 is 1.20 bits per heavy atom. The number of anilines is 1. The summed E-state index contributed by atoms with van der Waals surface area (Å²) in [5, 5.41) is 4.27. The molecular formula is C24H21N3O7S. The van der Waals surface area contributed by atoms with E-state index >= 15 is 0 Å². The molecule has 0 spiro atoms. The van der Waals surface area contributed by atoms with Crippen molar-refractivity contribution >= 4 is 38.6 Å². The highest BCUT2D eigenvalue weighted by molar-refractivity contribution is 7.92. The lowest BCUT2D eigenvalue weighted by Crippen LogP contribution is -2.34. The Morgan fingerprint density at radius 2 is 2.03 bits per heavy atom. The number of pyridine rings is 1. The molecule has 0 bridgehead atoms. The summed E-state index contributed by atoms with van der Waals surface area (Å²) < 4.78 is 41.4. The Hall–Kier alpha value is -3.99. The number of rotatable bonds is 6. The van der Waals surface area contributed by atoms with E-state index in [1.807, 2.05) is 0 Å². The summed E-state index contributed by atoms with van der Waals surface area (Å²) in [4.78, 5) is 30.1. The highest BCUT2D eigenvalue weighted by Gasteiger charge is 2.26. The van der Waals surface area contributed by atoms with Gasteiger partial charge in [-0.2, -0.15) is 0 Å². The number of ether oxygens (including phenoxy) is 1. The van der Waals surface area contributed by atoms with Crippen molar-refractivity contribution in [1.82, 2.24) is 10.1 Å². The van der Waals surface area contributed by atoms with E-state index in [1.54, 1.807) is 37.3 Å². The number of aryl methyl sites for hydroxylation is 2. The van der Waals surface area contributed by atoms with Crippen molar-refractivity contribution in [2.75, 3.05) is 23.7 Å². The number of Topliss-reactive ketones (excluding diaryl/α,β-unsaturated/α-hetero) is 1. The van der Waals surface area contributed by atoms with Gasteiger partial charge >= 0.3 is 5.97 Å². The number of fused-ring (bicyclic) bond motifs is 2. The van der Waals surface area contributed by atoms with E-state index in [-0.39, 0.29) is 11.3 Å². The van der Waals surface area contributed by atoms with Crippen molar-refractivity contribution in [2.45, 2.75) is 19.8 Å². The zero-order valence-corrected chi connectivity index (χ0v) is 19.8. The van der Waals surface area contributed by atoms with Crippen LogP contribution in [0.4, 0.5) is 5.69 Å². The topological polar surface area (TPSA) is 133 Å². The molecule has 11 heteroatoms. The first kappa shape index (κ1) is 22.8. The first-order chi connectivity index (χ1) is 16.7. The first-order valence-electron chi connectivity index (χ1n) is 10.8. The Morgan fingerprint density at radius 3 is 2.77 bits per heavy atom. The molecule has 1 aliphatic rings. The van der Waals surface area contributed by atoms with Crippen molar-refractivity contribution in [3.63, 3.8) is 0 Å². The van der Waals surface area contributed by atoms with E-state index in [0.29, 0.717) is 53.2 Å². The molecule has 1 aromatic carbocycles. The maximum atomic E-state index is 13.0. The molecule has 3 aromatic heterocycles. The molecule has 4 aromatic rings. The molecule has 0 unspecified atom stereocenters. The lowest BCUT2D eigenvalue weighted by Gasteiger charge is -2.29. The Labute approximate surface area is 200 Å². The second kappa shape index (κ2) is 8.66. The molecular weight excluding hydrogens is 474 g/mol. The normalized spacial score (nSPS) is 13.6. The molecule has 0 fully saturated rings. The van der Waals surface area contributed by atoms with E-state index in [4.69, 9.17) is 13.7 Å². The summed E-state index contributed by atoms with van der Waals surface area (Å²) in [5.74, 6) is -0.703. The van der Waals surface area contributed by atoms with Crippen LogP contribution in [0.5, 0.6) is 0 Å². The average Bonchev–Trinajstić information content (AvgIpc) is 3.51. The van der Waals surface area contributed by atoms with Gasteiger partial charge in [-0.05, 0) is 61.7 Å². The quantitative estimate of drug-likeness (QED) is 0.291. The summed E-state index contributed by atoms with van der Waals surface area (Å²) in [5.41, 5.74) is 2.80. The van der Waals surface area contributed by atoms with Crippen molar-refractivity contribution in [1.29, 1.82) is 0 Å². The Balaban J connectivity index is 1.37. The van der Waals surface area contributed by atoms with E-state index in [0.717, 1.165) is 11.8 Å². The van der Waals surface area contributed by atoms with Crippen LogP contribution in [0.2, 0.25) is 0 Å². The molecule has 0 saturated carbocycles. The highest BCUT2D eigenvalue weighted by Crippen LogP contribution is 2.30. The fourth-order valence-electron chi connectivity index (χ4n) is 4.18. The molecule has 35 heavy (non-hydrogen) atoms. The van der Waals surface area contributed by atoms with Crippen LogP contribution in [0.15, 0.2) is 51.6 Å². The van der Waals surface area contributed by atoms with Crippen molar-refractivity contribution < 1.29 is 31.7 Å². The molecule has 180 valence electrons. The van der Waals surface area contributed by atoms with Gasteiger partial charge in [0.15, 0.2) is 18.2 Å². The van der Waals surface area contributed by atoms with Crippen LogP contribution in [-0.2, 0) is 21.2 Å². The molecule has 0 atom stereocenters. The molecule has 0 N–H and O–H groups in total. The van der Waals surface area contributed by atoms with Gasteiger partial charge < -0.3 is 13.7 Å². The summed E-state index contributed by atoms with van der Waals surface area (Å²) in [6.45, 7) is 1.59. The second-order valence-electron chi connectivity index (χ2n) is 8.26. The van der Waals surface area contributed by atoms with Gasteiger partial charge in [0.1, 0.15) is 5.69 Å². The number of aromatic nitrogens is 2. The Bertz CT molecular complexity index is 1560. The molecule has 0 aliphatic carbocycles. The van der Waals surface area contributed by atoms with Gasteiger partial charge in [-0.15, -0.1) is 0 Å². The van der Waals surface area contributed by atoms with E-state index in [9.17, 15) is 18.0 Å². The number of carbonyl (C=O) groups is 2. The number of carbonyl (C=O) groups excluding carboxylic acids is 2. The number of esters is 1. The number of hydrogen-bond acceptors (Lipinski definition) is 9. The third-order valence-electron chi connectivity index (χ3n) is 5.82. The number of hydrogen-bond donors (Lipinski definition) is 0. The fraction of sp³-hybridized carbons (Fsp3) is 0.250. The number of ketones is 1. The van der Waals surface area contributed by atoms with E-state index in [1.165, 1.54) is 16.6 Å². The molecule has 4 heterocycles. The highest BCUT2D eigenvalue weighted by atomic mass is 32.2. The third kappa shape index (κ3) is 4.30. The summed E-state index contributed by atoms with van der Waals surface area (Å²) in [7, 11) is -3.41. The van der Waals surface area contributed by atoms with Crippen LogP contribution in [0, 0.1) is 6.92 Å². The second-order valence-corrected chi connectivity index (χ2v) is 10.2. The van der Waals surface area contributed by atoms with Crippen LogP contribution in [0.3, 0.4) is 0 Å². The molecule has 0 amide bonds. The molecule has 10 nitrogen and oxygen atoms in total. The van der Waals surface area contributed by atoms with Gasteiger partial charge in [0.2, 0.25) is 10.0 Å². The van der Waals surface area contributed by atoms with Gasteiger partial charge in [0, 0.05) is 12.1 Å². The van der Waals surface area contributed by atoms with Crippen molar-refractivity contribution in [2.24, 2.45) is 0 Å². The molecule has 1 aliphatic heterocycles. The van der Waals surface area contributed by atoms with Crippen molar-refractivity contribution in [3.05, 3.63) is 65.0 Å². The van der Waals surface area contributed by atoms with Crippen LogP contribution in [0.25, 0.3) is 22.6 Å². The van der Waals surface area contributed by atoms with Gasteiger partial charge in [0.05, 0.1) is 34.8 Å². The fourth-order valence-corrected chi connectivity index (χ4v) is 5.18. The SMILES string of the molecule is Cc1noc2nc(-c3ccco3)cc(C(=O)OCC(=O)c3ccc4c(c3)CCCN4S(C)(=O)=O)c12. The lowest BCUT2D eigenvalue weighted by atomic mass is 9.99. The minimum Gasteiger partial charge on any atom is -0.463 e. The number of nitrogens with zero attached hydrogens (tertiary/aromatic N) is 3. The number of sulfonamides is 1. The smallest absolute Gasteiger partial charge is 0.339 e. The van der Waals surface area contributed by atoms with Gasteiger partial charge in [0.25, 0.3) is 5.71 Å². The minimum absolute atomic E-state index is 0.153. The molecule has 5 rings (SSSR count). The van der Waals surface area contributed by atoms with Crippen LogP contribution in [-0.4, -0.2) is 49.7 Å². The zero-order valence-electron chi connectivity index (χ0n) is 19.0. The summed E-state index contributed by atoms with van der Waals surface area (Å²) >= 11 is 0. The van der Waals surface area contributed by atoms with Crippen molar-refractivity contribution in [3.8, 4) is 11.5 Å². The lowest BCUT2D eigenvalue weighted by molar-refractivity contribution is 0.0476. The van der Waals surface area contributed by atoms with Gasteiger partial charge in [-0.3, -0.25) is 9.10 Å². The first-order valence-corrected chi connectivity index (χ1v) is 12.7. The predicted molar refractivity (Wildman–Crippen MR) is 126 cm³/mol. The third-order valence-corrected chi connectivity index (χ3v) is 7.00. The summed E-state index contributed by atoms with van der Waals surface area (Å²) in [6, 6.07) is 9.72. The number of benzene rings is 1. The standard InChI is InChI=1S/C24H21N3O7S/c1-14-22-17(12-18(21-6-4-10-32-21)25-23(22)34-26-14)24(29)33-13-20(28)16-7-8-19-15(11-16)5-3-9-27(19)35(2,30)31/h4,6-8,10-12H,3,5,9,13H2,1-2H3.